The van der Waals surface area contributed by atoms with Gasteiger partial charge >= 0.3 is 0 Å². The van der Waals surface area contributed by atoms with Crippen LogP contribution in [0.25, 0.3) is 0 Å². The van der Waals surface area contributed by atoms with Gasteiger partial charge in [-0.3, -0.25) is 4.99 Å². The standard InChI is InChI=1S/C22H31N.C7H16.C2H6.C2H2/c1-7-13-21(17(4)5)20(8-2)18(6)22(9-3)23-16-19-14-11-10-12-15-19;1-4-5-6-7(2)3;2*1-2/h10-15H,4,7-9,16H2,1-3,5-6H3;7H,4-6H2,1-3H3;1-2H3;1-2H/b20-18+,21-13-,23-22?;;;. The highest BCUT2D eigenvalue weighted by atomic mass is 14.7. The number of hydrogen-bond acceptors (Lipinski definition) is 1. The van der Waals surface area contributed by atoms with E-state index in [1.54, 1.807) is 0 Å². The van der Waals surface area contributed by atoms with Crippen LogP contribution in [0.3, 0.4) is 0 Å². The molecule has 1 aromatic carbocycles. The largest absolute Gasteiger partial charge is 0.285 e. The van der Waals surface area contributed by atoms with E-state index in [1.165, 1.54) is 47.3 Å². The molecule has 0 spiro atoms. The minimum atomic E-state index is 0.748. The molecule has 1 aromatic rings. The number of aliphatic imine (C=N–C) groups is 1. The van der Waals surface area contributed by atoms with Crippen molar-refractivity contribution in [1.29, 1.82) is 0 Å². The van der Waals surface area contributed by atoms with Crippen LogP contribution in [0.4, 0.5) is 0 Å². The summed E-state index contributed by atoms with van der Waals surface area (Å²) in [6, 6.07) is 10.4. The van der Waals surface area contributed by atoms with Crippen molar-refractivity contribution in [3.05, 3.63) is 70.8 Å². The zero-order chi connectivity index (χ0) is 26.9. The third-order valence-corrected chi connectivity index (χ3v) is 5.20. The van der Waals surface area contributed by atoms with Gasteiger partial charge in [0.1, 0.15) is 0 Å². The van der Waals surface area contributed by atoms with Crippen LogP contribution in [0.15, 0.2) is 70.3 Å². The van der Waals surface area contributed by atoms with E-state index in [0.29, 0.717) is 0 Å². The van der Waals surface area contributed by atoms with E-state index >= 15 is 0 Å². The Morgan fingerprint density at radius 3 is 1.88 bits per heavy atom. The van der Waals surface area contributed by atoms with Crippen molar-refractivity contribution < 1.29 is 0 Å². The summed E-state index contributed by atoms with van der Waals surface area (Å²) in [6.45, 7) is 26.6. The molecule has 0 bridgehead atoms. The lowest BCUT2D eigenvalue weighted by molar-refractivity contribution is 0.550. The van der Waals surface area contributed by atoms with E-state index in [0.717, 1.165) is 37.3 Å². The average molecular weight is 466 g/mol. The molecule has 1 rings (SSSR count). The quantitative estimate of drug-likeness (QED) is 0.175. The van der Waals surface area contributed by atoms with Crippen LogP contribution in [0, 0.1) is 18.8 Å². The average Bonchev–Trinajstić information content (AvgIpc) is 2.86. The molecule has 0 aliphatic heterocycles. The second-order valence-electron chi connectivity index (χ2n) is 8.40. The first-order valence-corrected chi connectivity index (χ1v) is 13.3. The molecule has 0 unspecified atom stereocenters. The van der Waals surface area contributed by atoms with Gasteiger partial charge in [-0.15, -0.1) is 12.8 Å². The van der Waals surface area contributed by atoms with Gasteiger partial charge in [0.25, 0.3) is 0 Å². The van der Waals surface area contributed by atoms with Gasteiger partial charge in [0.15, 0.2) is 0 Å². The number of hydrogen-bond donors (Lipinski definition) is 0. The van der Waals surface area contributed by atoms with Crippen LogP contribution < -0.4 is 0 Å². The summed E-state index contributed by atoms with van der Waals surface area (Å²) in [5.74, 6) is 0.903. The maximum absolute atomic E-state index is 4.88. The first-order chi connectivity index (χ1) is 16.3. The normalized spacial score (nSPS) is 11.7. The Kier molecular flexibility index (Phi) is 27.0. The molecule has 0 N–H and O–H groups in total. The number of allylic oxidation sites excluding steroid dienone is 5. The zero-order valence-electron chi connectivity index (χ0n) is 24.3. The summed E-state index contributed by atoms with van der Waals surface area (Å²) in [6.07, 6.45) is 17.4. The van der Waals surface area contributed by atoms with Crippen molar-refractivity contribution in [3.8, 4) is 12.8 Å². The van der Waals surface area contributed by atoms with Gasteiger partial charge in [0.2, 0.25) is 0 Å². The Morgan fingerprint density at radius 2 is 1.53 bits per heavy atom. The lowest BCUT2D eigenvalue weighted by Crippen LogP contribution is -2.05. The Balaban J connectivity index is -0.000000736. The molecule has 0 fully saturated rings. The number of benzene rings is 1. The van der Waals surface area contributed by atoms with E-state index in [4.69, 9.17) is 4.99 Å². The van der Waals surface area contributed by atoms with Crippen LogP contribution in [-0.4, -0.2) is 5.71 Å². The van der Waals surface area contributed by atoms with Crippen molar-refractivity contribution in [2.75, 3.05) is 0 Å². The summed E-state index contributed by atoms with van der Waals surface area (Å²) < 4.78 is 0. The maximum Gasteiger partial charge on any atom is 0.0643 e. The minimum absolute atomic E-state index is 0.748. The lowest BCUT2D eigenvalue weighted by atomic mass is 9.90. The van der Waals surface area contributed by atoms with Crippen molar-refractivity contribution in [3.63, 3.8) is 0 Å². The smallest absolute Gasteiger partial charge is 0.0643 e. The third kappa shape index (κ3) is 17.2. The van der Waals surface area contributed by atoms with Gasteiger partial charge in [-0.1, -0.05) is 123 Å². The molecule has 1 nitrogen and oxygen atoms in total. The van der Waals surface area contributed by atoms with E-state index in [9.17, 15) is 0 Å². The van der Waals surface area contributed by atoms with Crippen LogP contribution in [0.1, 0.15) is 113 Å². The molecule has 192 valence electrons. The zero-order valence-corrected chi connectivity index (χ0v) is 24.3. The summed E-state index contributed by atoms with van der Waals surface area (Å²) >= 11 is 0. The topological polar surface area (TPSA) is 12.4 Å². The third-order valence-electron chi connectivity index (χ3n) is 5.20. The minimum Gasteiger partial charge on any atom is -0.285 e. The molecule has 0 aromatic heterocycles. The molecule has 0 aliphatic rings. The Hall–Kier alpha value is -2.33. The van der Waals surface area contributed by atoms with Gasteiger partial charge in [0, 0.05) is 5.71 Å². The fraction of sp³-hybridized carbons (Fsp3) is 0.545. The first-order valence-electron chi connectivity index (χ1n) is 13.3. The van der Waals surface area contributed by atoms with Gasteiger partial charge in [0.05, 0.1) is 6.54 Å². The molecule has 0 saturated carbocycles. The molecule has 0 heterocycles. The molecule has 34 heavy (non-hydrogen) atoms. The van der Waals surface area contributed by atoms with Crippen molar-refractivity contribution in [1.82, 2.24) is 0 Å². The fourth-order valence-electron chi connectivity index (χ4n) is 3.47. The van der Waals surface area contributed by atoms with Gasteiger partial charge in [-0.25, -0.2) is 0 Å². The Bertz CT molecular complexity index is 726. The number of nitrogens with zero attached hydrogens (tertiary/aromatic N) is 1. The summed E-state index contributed by atoms with van der Waals surface area (Å²) in [4.78, 5) is 4.88. The van der Waals surface area contributed by atoms with E-state index in [1.807, 2.05) is 19.9 Å². The van der Waals surface area contributed by atoms with E-state index < -0.39 is 0 Å². The Labute approximate surface area is 214 Å². The Morgan fingerprint density at radius 1 is 0.971 bits per heavy atom. The molecule has 1 heteroatoms. The predicted molar refractivity (Wildman–Crippen MR) is 160 cm³/mol. The van der Waals surface area contributed by atoms with Crippen LogP contribution in [0.5, 0.6) is 0 Å². The molecule has 0 aliphatic carbocycles. The highest BCUT2D eigenvalue weighted by Crippen LogP contribution is 2.26. The van der Waals surface area contributed by atoms with Gasteiger partial charge < -0.3 is 0 Å². The first kappa shape index (κ1) is 36.2. The molecule has 0 radical (unpaired) electrons. The summed E-state index contributed by atoms with van der Waals surface area (Å²) in [5.41, 5.74) is 7.60. The molecule has 0 atom stereocenters. The van der Waals surface area contributed by atoms with Crippen molar-refractivity contribution in [2.45, 2.75) is 114 Å². The highest BCUT2D eigenvalue weighted by molar-refractivity contribution is 6.00. The SMILES string of the molecule is C#C.C=C(C)C(=C/CC)/C(CC)=C(\C)C(CC)=NCc1ccccc1.CC.CCCCC(C)C. The lowest BCUT2D eigenvalue weighted by Gasteiger charge is -2.16. The summed E-state index contributed by atoms with van der Waals surface area (Å²) in [5, 5.41) is 0. The molecule has 0 amide bonds. The van der Waals surface area contributed by atoms with Crippen molar-refractivity contribution >= 4 is 5.71 Å². The predicted octanol–water partition coefficient (Wildman–Crippen LogP) is 10.8. The van der Waals surface area contributed by atoms with Crippen molar-refractivity contribution in [2.24, 2.45) is 10.9 Å². The number of rotatable bonds is 11. The molecular weight excluding hydrogens is 410 g/mol. The van der Waals surface area contributed by atoms with E-state index in [2.05, 4.69) is 105 Å². The van der Waals surface area contributed by atoms with Gasteiger partial charge in [-0.05, 0) is 61.3 Å². The second-order valence-corrected chi connectivity index (χ2v) is 8.40. The van der Waals surface area contributed by atoms with Crippen LogP contribution in [0.2, 0.25) is 0 Å². The van der Waals surface area contributed by atoms with Crippen LogP contribution in [-0.2, 0) is 6.54 Å². The molecule has 0 saturated heterocycles. The summed E-state index contributed by atoms with van der Waals surface area (Å²) in [7, 11) is 0. The molecular formula is C33H55N. The second kappa shape index (κ2) is 25.3. The maximum atomic E-state index is 4.88. The number of terminal acetylenes is 1. The monoisotopic (exact) mass is 465 g/mol. The van der Waals surface area contributed by atoms with E-state index in [-0.39, 0.29) is 0 Å². The van der Waals surface area contributed by atoms with Crippen LogP contribution >= 0.6 is 0 Å². The highest BCUT2D eigenvalue weighted by Gasteiger charge is 2.11. The fourth-order valence-corrected chi connectivity index (χ4v) is 3.47. The number of unbranched alkanes of at least 4 members (excludes halogenated alkanes) is 1. The van der Waals surface area contributed by atoms with Gasteiger partial charge in [-0.2, -0.15) is 0 Å².